The third-order valence-corrected chi connectivity index (χ3v) is 2.09. The van der Waals surface area contributed by atoms with Crippen LogP contribution in [-0.2, 0) is 10.0 Å². The van der Waals surface area contributed by atoms with Gasteiger partial charge in [0.1, 0.15) is 4.90 Å². The van der Waals surface area contributed by atoms with Crippen LogP contribution in [-0.4, -0.2) is 8.42 Å². The topological polar surface area (TPSA) is 61.8 Å². The average Bonchev–Trinajstić information content (AvgIpc) is 1.88. The van der Waals surface area contributed by atoms with E-state index >= 15 is 0 Å². The Morgan fingerprint density at radius 1 is 1.10 bits per heavy atom. The van der Waals surface area contributed by atoms with E-state index in [1.807, 2.05) is 0 Å². The molecule has 0 aliphatic rings. The third-order valence-electron chi connectivity index (χ3n) is 1.10. The first-order chi connectivity index (χ1) is 4.61. The Balaban J connectivity index is 3.22. The molecule has 4 heteroatoms. The number of quaternary nitrogens is 1. The molecule has 3 N–H and O–H groups in total. The van der Waals surface area contributed by atoms with E-state index in [1.165, 1.54) is 12.1 Å². The Bertz CT molecular complexity index is 304. The van der Waals surface area contributed by atoms with Crippen LogP contribution in [0.3, 0.4) is 0 Å². The lowest BCUT2D eigenvalue weighted by atomic mass is 10.4. The van der Waals surface area contributed by atoms with Gasteiger partial charge >= 0.3 is 10.0 Å². The van der Waals surface area contributed by atoms with Crippen molar-refractivity contribution in [3.8, 4) is 0 Å². The molecule has 0 fully saturated rings. The van der Waals surface area contributed by atoms with Crippen molar-refractivity contribution < 1.29 is 13.6 Å². The van der Waals surface area contributed by atoms with Gasteiger partial charge in [0.15, 0.2) is 0 Å². The molecule has 0 spiro atoms. The lowest BCUT2D eigenvalue weighted by molar-refractivity contribution is -0.164. The highest BCUT2D eigenvalue weighted by Gasteiger charge is 2.07. The number of hydrogen-bond donors (Lipinski definition) is 1. The summed E-state index contributed by atoms with van der Waals surface area (Å²) in [4.78, 5) is 0.259. The molecule has 0 aliphatic carbocycles. The predicted octanol–water partition coefficient (Wildman–Crippen LogP) is -0.383. The van der Waals surface area contributed by atoms with Crippen molar-refractivity contribution in [2.75, 3.05) is 0 Å². The number of rotatable bonds is 1. The molecule has 0 amide bonds. The second-order valence-corrected chi connectivity index (χ2v) is 3.63. The Morgan fingerprint density at radius 2 is 1.60 bits per heavy atom. The van der Waals surface area contributed by atoms with Crippen LogP contribution in [0.1, 0.15) is 0 Å². The molecule has 1 aromatic carbocycles. The molecule has 54 valence electrons. The SMILES string of the molecule is [NH3+]S(=O)(=O)c1ccccc1. The number of benzene rings is 1. The third kappa shape index (κ3) is 1.55. The average molecular weight is 158 g/mol. The standard InChI is InChI=1S/C6H7NO2S/c7-10(8,9)6-4-2-1-3-5-6/h1-5H,(H2,7,8,9)/p+1. The Labute approximate surface area is 59.5 Å². The highest BCUT2D eigenvalue weighted by molar-refractivity contribution is 7.84. The zero-order valence-corrected chi connectivity index (χ0v) is 6.14. The summed E-state index contributed by atoms with van der Waals surface area (Å²) in [7, 11) is -3.25. The van der Waals surface area contributed by atoms with E-state index in [2.05, 4.69) is 5.14 Å². The molecule has 1 rings (SSSR count). The number of hydrogen-bond acceptors (Lipinski definition) is 2. The zero-order chi connectivity index (χ0) is 7.61. The van der Waals surface area contributed by atoms with Crippen molar-refractivity contribution >= 4 is 10.0 Å². The van der Waals surface area contributed by atoms with Crippen molar-refractivity contribution in [3.63, 3.8) is 0 Å². The molecule has 0 saturated carbocycles. The van der Waals surface area contributed by atoms with Crippen LogP contribution in [0.25, 0.3) is 0 Å². The maximum absolute atomic E-state index is 10.7. The lowest BCUT2D eigenvalue weighted by Gasteiger charge is -1.90. The van der Waals surface area contributed by atoms with Gasteiger partial charge in [0.05, 0.1) is 0 Å². The summed E-state index contributed by atoms with van der Waals surface area (Å²) < 4.78 is 21.4. The molecular formula is C6H8NO2S+. The molecule has 0 saturated heterocycles. The molecule has 0 atom stereocenters. The molecule has 0 heterocycles. The Hall–Kier alpha value is -0.870. The van der Waals surface area contributed by atoms with Gasteiger partial charge in [-0.1, -0.05) is 18.2 Å². The summed E-state index contributed by atoms with van der Waals surface area (Å²) >= 11 is 0. The highest BCUT2D eigenvalue weighted by Crippen LogP contribution is 2.01. The van der Waals surface area contributed by atoms with Crippen molar-refractivity contribution in [1.82, 2.24) is 0 Å². The van der Waals surface area contributed by atoms with E-state index in [4.69, 9.17) is 0 Å². The molecule has 0 aliphatic heterocycles. The molecule has 3 nitrogen and oxygen atoms in total. The van der Waals surface area contributed by atoms with Crippen LogP contribution in [0.4, 0.5) is 0 Å². The van der Waals surface area contributed by atoms with Crippen LogP contribution in [0.5, 0.6) is 0 Å². The summed E-state index contributed by atoms with van der Waals surface area (Å²) in [6.45, 7) is 0. The fraction of sp³-hybridized carbons (Fsp3) is 0. The summed E-state index contributed by atoms with van der Waals surface area (Å²) in [6, 6.07) is 8.12. The minimum Gasteiger partial charge on any atom is -0.248 e. The summed E-state index contributed by atoms with van der Waals surface area (Å²) in [5, 5.41) is 3.01. The highest BCUT2D eigenvalue weighted by atomic mass is 32.2. The predicted molar refractivity (Wildman–Crippen MR) is 36.5 cm³/mol. The van der Waals surface area contributed by atoms with Crippen LogP contribution < -0.4 is 5.14 Å². The van der Waals surface area contributed by atoms with Gasteiger partial charge in [-0.2, -0.15) is 8.42 Å². The molecule has 0 radical (unpaired) electrons. The van der Waals surface area contributed by atoms with Gasteiger partial charge in [0.2, 0.25) is 0 Å². The van der Waals surface area contributed by atoms with E-state index in [0.717, 1.165) is 0 Å². The van der Waals surface area contributed by atoms with Gasteiger partial charge in [0.25, 0.3) is 0 Å². The smallest absolute Gasteiger partial charge is 0.248 e. The van der Waals surface area contributed by atoms with E-state index in [-0.39, 0.29) is 4.90 Å². The molecule has 0 unspecified atom stereocenters. The van der Waals surface area contributed by atoms with E-state index in [9.17, 15) is 8.42 Å². The summed E-state index contributed by atoms with van der Waals surface area (Å²) in [5.41, 5.74) is 0. The van der Waals surface area contributed by atoms with Gasteiger partial charge in [-0.3, -0.25) is 0 Å². The first-order valence-corrected chi connectivity index (χ1v) is 4.39. The van der Waals surface area contributed by atoms with Gasteiger partial charge in [-0.05, 0) is 12.1 Å². The van der Waals surface area contributed by atoms with Crippen molar-refractivity contribution in [2.24, 2.45) is 0 Å². The quantitative estimate of drug-likeness (QED) is 0.605. The summed E-state index contributed by atoms with van der Waals surface area (Å²) in [6.07, 6.45) is 0. The first kappa shape index (κ1) is 7.24. The Kier molecular flexibility index (Phi) is 1.74. The fourth-order valence-electron chi connectivity index (χ4n) is 0.628. The normalized spacial score (nSPS) is 11.3. The van der Waals surface area contributed by atoms with Crippen LogP contribution in [0, 0.1) is 0 Å². The lowest BCUT2D eigenvalue weighted by Crippen LogP contribution is -2.56. The molecule has 10 heavy (non-hydrogen) atoms. The van der Waals surface area contributed by atoms with Crippen molar-refractivity contribution in [2.45, 2.75) is 4.90 Å². The van der Waals surface area contributed by atoms with Crippen LogP contribution in [0.15, 0.2) is 35.2 Å². The molecular weight excluding hydrogens is 150 g/mol. The van der Waals surface area contributed by atoms with Gasteiger partial charge in [0, 0.05) is 0 Å². The van der Waals surface area contributed by atoms with Gasteiger partial charge in [-0.15, -0.1) is 0 Å². The largest absolute Gasteiger partial charge is 0.322 e. The fourth-order valence-corrected chi connectivity index (χ4v) is 1.20. The van der Waals surface area contributed by atoms with Gasteiger partial charge in [-0.25, -0.2) is 5.14 Å². The Morgan fingerprint density at radius 3 is 1.90 bits per heavy atom. The number of sulfonamides is 1. The molecule has 0 bridgehead atoms. The van der Waals surface area contributed by atoms with Crippen LogP contribution in [0.2, 0.25) is 0 Å². The maximum Gasteiger partial charge on any atom is 0.322 e. The zero-order valence-electron chi connectivity index (χ0n) is 5.32. The van der Waals surface area contributed by atoms with Crippen molar-refractivity contribution in [1.29, 1.82) is 0 Å². The second kappa shape index (κ2) is 2.40. The van der Waals surface area contributed by atoms with Gasteiger partial charge < -0.3 is 0 Å². The van der Waals surface area contributed by atoms with Crippen LogP contribution >= 0.6 is 0 Å². The van der Waals surface area contributed by atoms with E-state index in [1.54, 1.807) is 18.2 Å². The molecule has 1 aromatic rings. The summed E-state index contributed by atoms with van der Waals surface area (Å²) in [5.74, 6) is 0. The van der Waals surface area contributed by atoms with E-state index in [0.29, 0.717) is 0 Å². The van der Waals surface area contributed by atoms with Crippen molar-refractivity contribution in [3.05, 3.63) is 30.3 Å². The minimum absolute atomic E-state index is 0.259. The minimum atomic E-state index is -3.25. The van der Waals surface area contributed by atoms with E-state index < -0.39 is 10.0 Å². The monoisotopic (exact) mass is 158 g/mol. The molecule has 0 aromatic heterocycles. The maximum atomic E-state index is 10.7. The first-order valence-electron chi connectivity index (χ1n) is 2.74. The second-order valence-electron chi connectivity index (χ2n) is 1.93.